The summed E-state index contributed by atoms with van der Waals surface area (Å²) < 4.78 is 0. The molecule has 1 aromatic heterocycles. The van der Waals surface area contributed by atoms with Crippen molar-refractivity contribution in [1.82, 2.24) is 10.3 Å². The summed E-state index contributed by atoms with van der Waals surface area (Å²) >= 11 is 1.48. The molecule has 1 fully saturated rings. The van der Waals surface area contributed by atoms with E-state index >= 15 is 0 Å². The lowest BCUT2D eigenvalue weighted by Gasteiger charge is -2.27. The highest BCUT2D eigenvalue weighted by atomic mass is 32.1. The van der Waals surface area contributed by atoms with Gasteiger partial charge in [-0.1, -0.05) is 13.8 Å². The molecule has 0 unspecified atom stereocenters. The monoisotopic (exact) mass is 282 g/mol. The summed E-state index contributed by atoms with van der Waals surface area (Å²) in [6, 6.07) is 0.250. The first-order valence-electron chi connectivity index (χ1n) is 6.97. The van der Waals surface area contributed by atoms with Gasteiger partial charge in [0, 0.05) is 18.6 Å². The van der Waals surface area contributed by atoms with E-state index in [4.69, 9.17) is 5.11 Å². The Labute approximate surface area is 118 Å². The Hall–Kier alpha value is -0.940. The van der Waals surface area contributed by atoms with E-state index in [1.807, 2.05) is 0 Å². The van der Waals surface area contributed by atoms with Gasteiger partial charge in [0.05, 0.1) is 11.2 Å². The van der Waals surface area contributed by atoms with Crippen LogP contribution >= 0.6 is 11.3 Å². The molecule has 4 nitrogen and oxygen atoms in total. The van der Waals surface area contributed by atoms with Gasteiger partial charge in [-0.3, -0.25) is 4.79 Å². The predicted molar refractivity (Wildman–Crippen MR) is 76.5 cm³/mol. The molecule has 1 aliphatic carbocycles. The molecule has 0 aliphatic heterocycles. The summed E-state index contributed by atoms with van der Waals surface area (Å²) in [5, 5.41) is 13.2. The highest BCUT2D eigenvalue weighted by molar-refractivity contribution is 7.13. The van der Waals surface area contributed by atoms with Crippen LogP contribution in [0.1, 0.15) is 60.1 Å². The van der Waals surface area contributed by atoms with Crippen LogP contribution in [0.15, 0.2) is 6.20 Å². The Morgan fingerprint density at radius 3 is 2.68 bits per heavy atom. The average molecular weight is 282 g/mol. The second-order valence-electron chi connectivity index (χ2n) is 5.59. The molecule has 0 aromatic carbocycles. The van der Waals surface area contributed by atoms with Crippen LogP contribution in [-0.2, 0) is 0 Å². The van der Waals surface area contributed by atoms with Crippen LogP contribution in [-0.4, -0.2) is 28.6 Å². The van der Waals surface area contributed by atoms with Gasteiger partial charge in [-0.05, 0) is 31.6 Å². The third-order valence-electron chi connectivity index (χ3n) is 3.68. The standard InChI is InChI=1S/C14H22N2O2S/c1-9(2)14-15-7-12(19-14)13(18)16-11-5-3-10(8-17)4-6-11/h7,9-11,17H,3-6,8H2,1-2H3,(H,16,18). The van der Waals surface area contributed by atoms with E-state index in [2.05, 4.69) is 24.1 Å². The predicted octanol–water partition coefficient (Wildman–Crippen LogP) is 2.55. The van der Waals surface area contributed by atoms with E-state index in [0.29, 0.717) is 16.7 Å². The van der Waals surface area contributed by atoms with Crippen molar-refractivity contribution in [3.63, 3.8) is 0 Å². The van der Waals surface area contributed by atoms with Crippen LogP contribution in [0.25, 0.3) is 0 Å². The van der Waals surface area contributed by atoms with E-state index in [0.717, 1.165) is 30.7 Å². The molecule has 2 rings (SSSR count). The van der Waals surface area contributed by atoms with Gasteiger partial charge in [0.25, 0.3) is 5.91 Å². The third-order valence-corrected chi connectivity index (χ3v) is 4.98. The third kappa shape index (κ3) is 3.76. The molecule has 0 saturated heterocycles. The first-order chi connectivity index (χ1) is 9.10. The van der Waals surface area contributed by atoms with Gasteiger partial charge in [-0.2, -0.15) is 0 Å². The second kappa shape index (κ2) is 6.48. The van der Waals surface area contributed by atoms with Crippen LogP contribution in [0, 0.1) is 5.92 Å². The highest BCUT2D eigenvalue weighted by Gasteiger charge is 2.23. The molecule has 0 radical (unpaired) electrons. The first kappa shape index (κ1) is 14.5. The van der Waals surface area contributed by atoms with E-state index in [1.54, 1.807) is 6.20 Å². The summed E-state index contributed by atoms with van der Waals surface area (Å²) in [5.74, 6) is 0.785. The number of thiazole rings is 1. The Morgan fingerprint density at radius 1 is 1.47 bits per heavy atom. The molecule has 1 heterocycles. The van der Waals surface area contributed by atoms with Gasteiger partial charge in [0.2, 0.25) is 0 Å². The fourth-order valence-electron chi connectivity index (χ4n) is 2.41. The fourth-order valence-corrected chi connectivity index (χ4v) is 3.23. The number of aliphatic hydroxyl groups is 1. The maximum atomic E-state index is 12.1. The number of hydrogen-bond donors (Lipinski definition) is 2. The molecule has 1 saturated carbocycles. The molecule has 1 amide bonds. The molecule has 106 valence electrons. The number of amides is 1. The zero-order valence-corrected chi connectivity index (χ0v) is 12.4. The topological polar surface area (TPSA) is 62.2 Å². The summed E-state index contributed by atoms with van der Waals surface area (Å²) in [4.78, 5) is 17.1. The molecule has 19 heavy (non-hydrogen) atoms. The van der Waals surface area contributed by atoms with Crippen molar-refractivity contribution >= 4 is 17.2 Å². The van der Waals surface area contributed by atoms with Gasteiger partial charge < -0.3 is 10.4 Å². The molecule has 5 heteroatoms. The van der Waals surface area contributed by atoms with E-state index in [1.165, 1.54) is 11.3 Å². The van der Waals surface area contributed by atoms with Crippen molar-refractivity contribution in [3.05, 3.63) is 16.1 Å². The highest BCUT2D eigenvalue weighted by Crippen LogP contribution is 2.25. The number of carbonyl (C=O) groups is 1. The first-order valence-corrected chi connectivity index (χ1v) is 7.79. The number of nitrogens with zero attached hydrogens (tertiary/aromatic N) is 1. The summed E-state index contributed by atoms with van der Waals surface area (Å²) in [7, 11) is 0. The van der Waals surface area contributed by atoms with E-state index in [-0.39, 0.29) is 18.6 Å². The number of aromatic nitrogens is 1. The van der Waals surface area contributed by atoms with Crippen LogP contribution < -0.4 is 5.32 Å². The lowest BCUT2D eigenvalue weighted by molar-refractivity contribution is 0.0918. The Balaban J connectivity index is 1.87. The van der Waals surface area contributed by atoms with Crippen LogP contribution in [0.2, 0.25) is 0 Å². The number of aliphatic hydroxyl groups excluding tert-OH is 1. The zero-order chi connectivity index (χ0) is 13.8. The SMILES string of the molecule is CC(C)c1ncc(C(=O)NC2CCC(CO)CC2)s1. The van der Waals surface area contributed by atoms with Crippen LogP contribution in [0.4, 0.5) is 0 Å². The van der Waals surface area contributed by atoms with Crippen molar-refractivity contribution in [2.24, 2.45) is 5.92 Å². The minimum atomic E-state index is -0.00292. The summed E-state index contributed by atoms with van der Waals surface area (Å²) in [6.07, 6.45) is 5.61. The maximum Gasteiger partial charge on any atom is 0.263 e. The number of carbonyl (C=O) groups excluding carboxylic acids is 1. The molecule has 0 atom stereocenters. The van der Waals surface area contributed by atoms with E-state index < -0.39 is 0 Å². The van der Waals surface area contributed by atoms with Gasteiger partial charge >= 0.3 is 0 Å². The van der Waals surface area contributed by atoms with Crippen molar-refractivity contribution < 1.29 is 9.90 Å². The van der Waals surface area contributed by atoms with Crippen molar-refractivity contribution in [2.45, 2.75) is 51.5 Å². The Morgan fingerprint density at radius 2 is 2.16 bits per heavy atom. The Kier molecular flexibility index (Phi) is 4.93. The second-order valence-corrected chi connectivity index (χ2v) is 6.65. The van der Waals surface area contributed by atoms with E-state index in [9.17, 15) is 4.79 Å². The number of hydrogen-bond acceptors (Lipinski definition) is 4. The van der Waals surface area contributed by atoms with Crippen molar-refractivity contribution in [1.29, 1.82) is 0 Å². The molecular weight excluding hydrogens is 260 g/mol. The zero-order valence-electron chi connectivity index (χ0n) is 11.6. The average Bonchev–Trinajstić information content (AvgIpc) is 2.89. The lowest BCUT2D eigenvalue weighted by Crippen LogP contribution is -2.37. The largest absolute Gasteiger partial charge is 0.396 e. The van der Waals surface area contributed by atoms with Gasteiger partial charge in [0.1, 0.15) is 4.88 Å². The smallest absolute Gasteiger partial charge is 0.263 e. The molecule has 0 spiro atoms. The van der Waals surface area contributed by atoms with Crippen molar-refractivity contribution in [2.75, 3.05) is 6.61 Å². The summed E-state index contributed by atoms with van der Waals surface area (Å²) in [6.45, 7) is 4.43. The van der Waals surface area contributed by atoms with Crippen LogP contribution in [0.3, 0.4) is 0 Å². The summed E-state index contributed by atoms with van der Waals surface area (Å²) in [5.41, 5.74) is 0. The normalized spacial score (nSPS) is 23.6. The lowest BCUT2D eigenvalue weighted by atomic mass is 9.86. The molecular formula is C14H22N2O2S. The minimum absolute atomic E-state index is 0.00292. The minimum Gasteiger partial charge on any atom is -0.396 e. The molecule has 0 bridgehead atoms. The van der Waals surface area contributed by atoms with Crippen LogP contribution in [0.5, 0.6) is 0 Å². The Bertz CT molecular complexity index is 423. The molecule has 2 N–H and O–H groups in total. The van der Waals surface area contributed by atoms with Gasteiger partial charge in [-0.15, -0.1) is 11.3 Å². The molecule has 1 aliphatic rings. The number of rotatable bonds is 4. The van der Waals surface area contributed by atoms with Gasteiger partial charge in [0.15, 0.2) is 0 Å². The number of nitrogens with one attached hydrogen (secondary N) is 1. The van der Waals surface area contributed by atoms with Gasteiger partial charge in [-0.25, -0.2) is 4.98 Å². The molecule has 1 aromatic rings. The quantitative estimate of drug-likeness (QED) is 0.892. The fraction of sp³-hybridized carbons (Fsp3) is 0.714. The van der Waals surface area contributed by atoms with Crippen molar-refractivity contribution in [3.8, 4) is 0 Å². The maximum absolute atomic E-state index is 12.1.